The molecule has 0 spiro atoms. The van der Waals surface area contributed by atoms with E-state index in [-0.39, 0.29) is 11.9 Å². The number of carbonyl (C=O) groups is 2. The molecule has 0 aromatic heterocycles. The fourth-order valence-corrected chi connectivity index (χ4v) is 3.53. The summed E-state index contributed by atoms with van der Waals surface area (Å²) in [4.78, 5) is 27.3. The second kappa shape index (κ2) is 8.78. The number of rotatable bonds is 5. The number of piperidine rings is 1. The van der Waals surface area contributed by atoms with E-state index in [1.54, 1.807) is 24.1 Å². The molecule has 3 rings (SSSR count). The zero-order valence-electron chi connectivity index (χ0n) is 16.4. The highest BCUT2D eigenvalue weighted by Gasteiger charge is 2.39. The first-order chi connectivity index (χ1) is 13.5. The number of amides is 3. The molecule has 6 nitrogen and oxygen atoms in total. The summed E-state index contributed by atoms with van der Waals surface area (Å²) in [6.07, 6.45) is 1.54. The van der Waals surface area contributed by atoms with Crippen LogP contribution in [0.2, 0.25) is 0 Å². The monoisotopic (exact) mass is 381 g/mol. The van der Waals surface area contributed by atoms with Gasteiger partial charge in [-0.1, -0.05) is 42.5 Å². The topological polar surface area (TPSA) is 70.7 Å². The van der Waals surface area contributed by atoms with E-state index in [1.165, 1.54) is 0 Å². The number of carbonyl (C=O) groups excluding carboxylic acids is 2. The summed E-state index contributed by atoms with van der Waals surface area (Å²) >= 11 is 0. The summed E-state index contributed by atoms with van der Waals surface area (Å²) in [5.74, 6) is 0.586. The number of hydrogen-bond acceptors (Lipinski definition) is 3. The first-order valence-electron chi connectivity index (χ1n) is 9.53. The second-order valence-electron chi connectivity index (χ2n) is 7.38. The van der Waals surface area contributed by atoms with Crippen LogP contribution in [0.3, 0.4) is 0 Å². The van der Waals surface area contributed by atoms with Crippen LogP contribution in [0.25, 0.3) is 0 Å². The van der Waals surface area contributed by atoms with Gasteiger partial charge in [-0.3, -0.25) is 4.79 Å². The molecule has 2 N–H and O–H groups in total. The molecule has 148 valence electrons. The van der Waals surface area contributed by atoms with Gasteiger partial charge in [0, 0.05) is 19.6 Å². The number of nitrogens with zero attached hydrogens (tertiary/aromatic N) is 1. The number of hydrogen-bond donors (Lipinski definition) is 2. The Morgan fingerprint density at radius 3 is 2.57 bits per heavy atom. The molecule has 1 heterocycles. The molecule has 3 amide bonds. The Kier molecular flexibility index (Phi) is 6.19. The minimum atomic E-state index is -0.606. The molecule has 0 saturated carbocycles. The highest BCUT2D eigenvalue weighted by molar-refractivity contribution is 5.92. The summed E-state index contributed by atoms with van der Waals surface area (Å²) < 4.78 is 5.29. The fourth-order valence-electron chi connectivity index (χ4n) is 3.53. The van der Waals surface area contributed by atoms with Crippen LogP contribution in [0.15, 0.2) is 54.6 Å². The number of methoxy groups -OCH3 is 1. The van der Waals surface area contributed by atoms with Crippen LogP contribution < -0.4 is 15.4 Å². The molecule has 1 aliphatic heterocycles. The summed E-state index contributed by atoms with van der Waals surface area (Å²) in [5.41, 5.74) is 1.07. The van der Waals surface area contributed by atoms with Gasteiger partial charge >= 0.3 is 6.03 Å². The highest BCUT2D eigenvalue weighted by atomic mass is 16.5. The van der Waals surface area contributed by atoms with Gasteiger partial charge in [0.25, 0.3) is 0 Å². The van der Waals surface area contributed by atoms with Gasteiger partial charge in [0.15, 0.2) is 0 Å². The van der Waals surface area contributed by atoms with E-state index < -0.39 is 5.41 Å². The molecule has 2 aromatic rings. The van der Waals surface area contributed by atoms with Gasteiger partial charge in [0.05, 0.1) is 18.2 Å². The van der Waals surface area contributed by atoms with Crippen LogP contribution in [0.5, 0.6) is 5.75 Å². The van der Waals surface area contributed by atoms with Crippen molar-refractivity contribution < 1.29 is 14.3 Å². The maximum Gasteiger partial charge on any atom is 0.321 e. The molecule has 28 heavy (non-hydrogen) atoms. The van der Waals surface area contributed by atoms with E-state index in [9.17, 15) is 9.59 Å². The molecule has 1 fully saturated rings. The van der Waals surface area contributed by atoms with Crippen molar-refractivity contribution in [2.75, 3.05) is 25.5 Å². The SMILES string of the molecule is COc1ccccc1NC(=O)N1CCCC(C)(C(=O)NCc2ccccc2)C1. The maximum absolute atomic E-state index is 12.8. The van der Waals surface area contributed by atoms with Crippen molar-refractivity contribution in [2.45, 2.75) is 26.3 Å². The predicted molar refractivity (Wildman–Crippen MR) is 109 cm³/mol. The van der Waals surface area contributed by atoms with Gasteiger partial charge in [-0.25, -0.2) is 4.79 Å². The van der Waals surface area contributed by atoms with Crippen molar-refractivity contribution in [3.05, 3.63) is 60.2 Å². The number of para-hydroxylation sites is 2. The largest absolute Gasteiger partial charge is 0.495 e. The molecule has 6 heteroatoms. The third kappa shape index (κ3) is 4.63. The summed E-state index contributed by atoms with van der Waals surface area (Å²) in [6, 6.07) is 16.9. The average Bonchev–Trinajstić information content (AvgIpc) is 2.73. The fraction of sp³-hybridized carbons (Fsp3) is 0.364. The number of likely N-dealkylation sites (tertiary alicyclic amines) is 1. The lowest BCUT2D eigenvalue weighted by molar-refractivity contribution is -0.132. The lowest BCUT2D eigenvalue weighted by atomic mass is 9.81. The molecule has 1 aliphatic rings. The van der Waals surface area contributed by atoms with E-state index >= 15 is 0 Å². The van der Waals surface area contributed by atoms with Gasteiger partial charge in [-0.05, 0) is 37.5 Å². The Morgan fingerprint density at radius 2 is 1.82 bits per heavy atom. The van der Waals surface area contributed by atoms with Crippen LogP contribution in [-0.2, 0) is 11.3 Å². The van der Waals surface area contributed by atoms with Crippen LogP contribution in [0.4, 0.5) is 10.5 Å². The molecule has 0 bridgehead atoms. The van der Waals surface area contributed by atoms with E-state index in [0.29, 0.717) is 31.1 Å². The number of ether oxygens (including phenoxy) is 1. The Morgan fingerprint density at radius 1 is 1.11 bits per heavy atom. The lowest BCUT2D eigenvalue weighted by Crippen LogP contribution is -2.52. The Hall–Kier alpha value is -3.02. The molecule has 1 atom stereocenters. The van der Waals surface area contributed by atoms with Gasteiger partial charge in [0.2, 0.25) is 5.91 Å². The summed E-state index contributed by atoms with van der Waals surface area (Å²) in [6.45, 7) is 3.43. The molecule has 1 saturated heterocycles. The predicted octanol–water partition coefficient (Wildman–Crippen LogP) is 3.65. The quantitative estimate of drug-likeness (QED) is 0.831. The van der Waals surface area contributed by atoms with Crippen molar-refractivity contribution >= 4 is 17.6 Å². The molecule has 0 radical (unpaired) electrons. The summed E-state index contributed by atoms with van der Waals surface area (Å²) in [7, 11) is 1.57. The first-order valence-corrected chi connectivity index (χ1v) is 9.53. The van der Waals surface area contributed by atoms with Crippen LogP contribution in [0.1, 0.15) is 25.3 Å². The van der Waals surface area contributed by atoms with Crippen molar-refractivity contribution in [1.29, 1.82) is 0 Å². The third-order valence-electron chi connectivity index (χ3n) is 5.18. The van der Waals surface area contributed by atoms with Gasteiger partial charge in [-0.15, -0.1) is 0 Å². The van der Waals surface area contributed by atoms with Crippen molar-refractivity contribution in [3.63, 3.8) is 0 Å². The van der Waals surface area contributed by atoms with Crippen molar-refractivity contribution in [2.24, 2.45) is 5.41 Å². The lowest BCUT2D eigenvalue weighted by Gasteiger charge is -2.39. The Balaban J connectivity index is 1.61. The zero-order chi connectivity index (χ0) is 20.0. The number of nitrogens with one attached hydrogen (secondary N) is 2. The van der Waals surface area contributed by atoms with Gasteiger partial charge < -0.3 is 20.3 Å². The zero-order valence-corrected chi connectivity index (χ0v) is 16.4. The second-order valence-corrected chi connectivity index (χ2v) is 7.38. The van der Waals surface area contributed by atoms with Gasteiger partial charge in [0.1, 0.15) is 5.75 Å². The minimum Gasteiger partial charge on any atom is -0.495 e. The molecular formula is C22H27N3O3. The van der Waals surface area contributed by atoms with E-state index in [2.05, 4.69) is 10.6 Å². The van der Waals surface area contributed by atoms with Crippen LogP contribution in [-0.4, -0.2) is 37.0 Å². The normalized spacial score (nSPS) is 19.0. The summed E-state index contributed by atoms with van der Waals surface area (Å²) in [5, 5.41) is 5.92. The minimum absolute atomic E-state index is 0.0221. The molecule has 0 aliphatic carbocycles. The van der Waals surface area contributed by atoms with Crippen molar-refractivity contribution in [3.8, 4) is 5.75 Å². The van der Waals surface area contributed by atoms with Crippen LogP contribution in [0, 0.1) is 5.41 Å². The molecular weight excluding hydrogens is 354 g/mol. The van der Waals surface area contributed by atoms with E-state index in [4.69, 9.17) is 4.74 Å². The van der Waals surface area contributed by atoms with E-state index in [1.807, 2.05) is 49.4 Å². The van der Waals surface area contributed by atoms with Crippen LogP contribution >= 0.6 is 0 Å². The smallest absolute Gasteiger partial charge is 0.321 e. The Labute approximate surface area is 165 Å². The third-order valence-corrected chi connectivity index (χ3v) is 5.18. The average molecular weight is 381 g/mol. The highest BCUT2D eigenvalue weighted by Crippen LogP contribution is 2.31. The van der Waals surface area contributed by atoms with E-state index in [0.717, 1.165) is 18.4 Å². The first kappa shape index (κ1) is 19.7. The molecule has 1 unspecified atom stereocenters. The van der Waals surface area contributed by atoms with Crippen molar-refractivity contribution in [1.82, 2.24) is 10.2 Å². The number of urea groups is 1. The Bertz CT molecular complexity index is 825. The number of anilines is 1. The molecule has 2 aromatic carbocycles. The standard InChI is InChI=1S/C22H27N3O3/c1-22(20(26)23-15-17-9-4-3-5-10-17)13-8-14-25(16-22)21(27)24-18-11-6-7-12-19(18)28-2/h3-7,9-12H,8,13-16H2,1-2H3,(H,23,26)(H,24,27). The number of benzene rings is 2. The van der Waals surface area contributed by atoms with Gasteiger partial charge in [-0.2, -0.15) is 0 Å². The maximum atomic E-state index is 12.8.